The predicted molar refractivity (Wildman–Crippen MR) is 136 cm³/mol. The normalized spacial score (nSPS) is 11.5. The second-order valence-electron chi connectivity index (χ2n) is 9.30. The summed E-state index contributed by atoms with van der Waals surface area (Å²) in [6, 6.07) is 7.50. The van der Waals surface area contributed by atoms with Crippen molar-refractivity contribution in [3.63, 3.8) is 0 Å². The number of benzene rings is 1. The zero-order valence-electron chi connectivity index (χ0n) is 20.4. The van der Waals surface area contributed by atoms with E-state index in [-0.39, 0.29) is 35.2 Å². The number of furan rings is 1. The first-order valence-corrected chi connectivity index (χ1v) is 15.2. The number of hydrogen-bond donors (Lipinski definition) is 2. The quantitative estimate of drug-likeness (QED) is 0.0881. The van der Waals surface area contributed by atoms with E-state index in [1.54, 1.807) is 18.2 Å². The molecule has 0 saturated carbocycles. The summed E-state index contributed by atoms with van der Waals surface area (Å²) in [7, 11) is -1.17. The Morgan fingerprint density at radius 1 is 1.26 bits per heavy atom. The van der Waals surface area contributed by atoms with E-state index in [4.69, 9.17) is 40.5 Å². The molecule has 1 aromatic carbocycles. The van der Waals surface area contributed by atoms with Crippen LogP contribution in [-0.4, -0.2) is 44.4 Å². The van der Waals surface area contributed by atoms with Gasteiger partial charge in [0.15, 0.2) is 24.0 Å². The molecule has 3 rings (SSSR count). The second kappa shape index (κ2) is 11.6. The van der Waals surface area contributed by atoms with Gasteiger partial charge in [0, 0.05) is 31.8 Å². The monoisotopic (exact) mass is 519 g/mol. The third-order valence-corrected chi connectivity index (χ3v) is 6.76. The summed E-state index contributed by atoms with van der Waals surface area (Å²) in [5, 5.41) is 9.14. The zero-order valence-corrected chi connectivity index (χ0v) is 22.2. The standard InChI is InChI=1S/C24H30ClN3O6Si/c1-15(2)33-23-19(25)12-16(13-27-23)24(29)34-28-22(26)18-6-7-20(21-17(18)8-9-31-21)32-14-30-10-11-35(3,4)5/h6-9,12-13,15H,10-11,14H2,1-5H3,(H2,26,28). The first-order valence-electron chi connectivity index (χ1n) is 11.1. The van der Waals surface area contributed by atoms with E-state index in [1.165, 1.54) is 18.5 Å². The molecule has 0 aliphatic carbocycles. The van der Waals surface area contributed by atoms with E-state index >= 15 is 0 Å². The van der Waals surface area contributed by atoms with E-state index < -0.39 is 14.0 Å². The number of carbonyl (C=O) groups is 1. The first kappa shape index (κ1) is 26.5. The van der Waals surface area contributed by atoms with Crippen LogP contribution < -0.4 is 15.0 Å². The number of nitrogens with zero attached hydrogens (tertiary/aromatic N) is 1. The summed E-state index contributed by atoms with van der Waals surface area (Å²) in [4.78, 5) is 21.5. The van der Waals surface area contributed by atoms with Crippen molar-refractivity contribution in [1.82, 2.24) is 10.5 Å². The van der Waals surface area contributed by atoms with E-state index in [2.05, 4.69) is 30.1 Å². The molecular formula is C24H30ClN3O6Si. The minimum atomic E-state index is -1.17. The van der Waals surface area contributed by atoms with Gasteiger partial charge in [-0.15, -0.1) is 0 Å². The summed E-state index contributed by atoms with van der Waals surface area (Å²) in [6.45, 7) is 11.3. The largest absolute Gasteiger partial charge is 0.474 e. The first-order chi connectivity index (χ1) is 16.5. The highest BCUT2D eigenvalue weighted by atomic mass is 35.5. The maximum Gasteiger partial charge on any atom is 0.364 e. The van der Waals surface area contributed by atoms with Crippen LogP contribution in [0.2, 0.25) is 30.7 Å². The Morgan fingerprint density at radius 2 is 2.03 bits per heavy atom. The topological polar surface area (TPSA) is 116 Å². The van der Waals surface area contributed by atoms with Gasteiger partial charge in [-0.2, -0.15) is 5.48 Å². The van der Waals surface area contributed by atoms with Crippen molar-refractivity contribution in [3.8, 4) is 11.6 Å². The van der Waals surface area contributed by atoms with Gasteiger partial charge in [0.2, 0.25) is 5.88 Å². The molecule has 0 saturated heterocycles. The maximum atomic E-state index is 12.4. The van der Waals surface area contributed by atoms with Crippen LogP contribution in [0.25, 0.3) is 11.0 Å². The summed E-state index contributed by atoms with van der Waals surface area (Å²) in [5.74, 6) is -0.165. The Bertz CT molecular complexity index is 1190. The molecule has 0 fully saturated rings. The van der Waals surface area contributed by atoms with Crippen molar-refractivity contribution >= 4 is 42.4 Å². The van der Waals surface area contributed by atoms with Gasteiger partial charge < -0.3 is 23.5 Å². The lowest BCUT2D eigenvalue weighted by Crippen LogP contribution is -2.27. The third-order valence-electron chi connectivity index (χ3n) is 4.78. The summed E-state index contributed by atoms with van der Waals surface area (Å²) < 4.78 is 22.3. The Balaban J connectivity index is 1.60. The molecule has 2 N–H and O–H groups in total. The highest BCUT2D eigenvalue weighted by Gasteiger charge is 2.17. The van der Waals surface area contributed by atoms with Crippen molar-refractivity contribution in [3.05, 3.63) is 52.9 Å². The Hall–Kier alpha value is -3.08. The van der Waals surface area contributed by atoms with E-state index in [0.29, 0.717) is 28.9 Å². The zero-order chi connectivity index (χ0) is 25.6. The lowest BCUT2D eigenvalue weighted by molar-refractivity contribution is 0.0224. The molecule has 0 radical (unpaired) electrons. The summed E-state index contributed by atoms with van der Waals surface area (Å²) in [5.41, 5.74) is 3.40. The summed E-state index contributed by atoms with van der Waals surface area (Å²) in [6.07, 6.45) is 2.68. The fraction of sp³-hybridized carbons (Fsp3) is 0.375. The van der Waals surface area contributed by atoms with Gasteiger partial charge in [0.25, 0.3) is 0 Å². The molecule has 0 spiro atoms. The predicted octanol–water partition coefficient (Wildman–Crippen LogP) is 5.65. The Kier molecular flexibility index (Phi) is 8.76. The molecule has 2 heterocycles. The van der Waals surface area contributed by atoms with Gasteiger partial charge in [-0.1, -0.05) is 31.2 Å². The lowest BCUT2D eigenvalue weighted by atomic mass is 10.1. The minimum Gasteiger partial charge on any atom is -0.474 e. The molecular weight excluding hydrogens is 490 g/mol. The molecule has 0 bridgehead atoms. The van der Waals surface area contributed by atoms with Crippen LogP contribution in [0.3, 0.4) is 0 Å². The number of hydrogen-bond acceptors (Lipinski definition) is 8. The van der Waals surface area contributed by atoms with Gasteiger partial charge in [0.05, 0.1) is 17.9 Å². The number of halogens is 1. The third kappa shape index (κ3) is 7.45. The number of hydroxylamine groups is 1. The van der Waals surface area contributed by atoms with E-state index in [0.717, 1.165) is 6.04 Å². The van der Waals surface area contributed by atoms with Crippen LogP contribution in [-0.2, 0) is 9.57 Å². The number of ether oxygens (including phenoxy) is 3. The van der Waals surface area contributed by atoms with Crippen LogP contribution in [0.15, 0.2) is 41.1 Å². The van der Waals surface area contributed by atoms with Gasteiger partial charge in [-0.3, -0.25) is 5.41 Å². The highest BCUT2D eigenvalue weighted by Crippen LogP contribution is 2.30. The molecule has 0 amide bonds. The number of aromatic nitrogens is 1. The second-order valence-corrected chi connectivity index (χ2v) is 15.3. The van der Waals surface area contributed by atoms with Crippen LogP contribution in [0.5, 0.6) is 11.6 Å². The number of rotatable bonds is 10. The molecule has 9 nitrogen and oxygen atoms in total. The van der Waals surface area contributed by atoms with E-state index in [1.807, 2.05) is 13.8 Å². The van der Waals surface area contributed by atoms with Crippen LogP contribution in [0, 0.1) is 5.41 Å². The lowest BCUT2D eigenvalue weighted by Gasteiger charge is -2.15. The number of pyridine rings is 1. The van der Waals surface area contributed by atoms with Crippen molar-refractivity contribution in [1.29, 1.82) is 5.41 Å². The van der Waals surface area contributed by atoms with Crippen LogP contribution >= 0.6 is 11.6 Å². The van der Waals surface area contributed by atoms with Gasteiger partial charge in [-0.05, 0) is 44.2 Å². The molecule has 0 unspecified atom stereocenters. The van der Waals surface area contributed by atoms with Crippen LogP contribution in [0.4, 0.5) is 0 Å². The van der Waals surface area contributed by atoms with Gasteiger partial charge >= 0.3 is 5.97 Å². The highest BCUT2D eigenvalue weighted by molar-refractivity contribution is 6.76. The number of carbonyl (C=O) groups excluding carboxylic acids is 1. The average Bonchev–Trinajstić information content (AvgIpc) is 3.27. The van der Waals surface area contributed by atoms with Crippen molar-refractivity contribution in [2.45, 2.75) is 45.6 Å². The van der Waals surface area contributed by atoms with Gasteiger partial charge in [0.1, 0.15) is 5.02 Å². The number of fused-ring (bicyclic) bond motifs is 1. The summed E-state index contributed by atoms with van der Waals surface area (Å²) >= 11 is 6.13. The molecule has 35 heavy (non-hydrogen) atoms. The van der Waals surface area contributed by atoms with Gasteiger partial charge in [-0.25, -0.2) is 9.78 Å². The molecule has 0 aliphatic heterocycles. The SMILES string of the molecule is CC(C)Oc1ncc(C(=O)ONC(=N)c2ccc(OCOCC[Si](C)(C)C)c3occc23)cc1Cl. The van der Waals surface area contributed by atoms with Crippen molar-refractivity contribution in [2.75, 3.05) is 13.4 Å². The number of nitrogens with one attached hydrogen (secondary N) is 2. The number of amidine groups is 1. The Morgan fingerprint density at radius 3 is 2.71 bits per heavy atom. The molecule has 11 heteroatoms. The molecule has 188 valence electrons. The Labute approximate surface area is 210 Å². The smallest absolute Gasteiger partial charge is 0.364 e. The van der Waals surface area contributed by atoms with Crippen molar-refractivity contribution < 1.29 is 28.3 Å². The van der Waals surface area contributed by atoms with E-state index in [9.17, 15) is 4.79 Å². The van der Waals surface area contributed by atoms with Crippen LogP contribution in [0.1, 0.15) is 29.8 Å². The molecule has 2 aromatic heterocycles. The minimum absolute atomic E-state index is 0.102. The fourth-order valence-corrected chi connectivity index (χ4v) is 3.94. The molecule has 0 atom stereocenters. The fourth-order valence-electron chi connectivity index (χ4n) is 2.97. The molecule has 0 aliphatic rings. The van der Waals surface area contributed by atoms with Crippen molar-refractivity contribution in [2.24, 2.45) is 0 Å². The maximum absolute atomic E-state index is 12.4. The average molecular weight is 520 g/mol. The molecule has 3 aromatic rings.